The fourth-order valence-corrected chi connectivity index (χ4v) is 3.61. The Hall–Kier alpha value is -3.50. The standard InChI is InChI=1S/C26H19Cl3N2O4/c1-2-34-26(33)16-4-8-22(9-5-16)31-25(32)19(14-30)11-18-12-20(27)7-10-24(18)35-15-17-3-6-21(28)13-23(17)29/h3-13H,2,15H2,1H3,(H,31,32)/b19-11+. The minimum absolute atomic E-state index is 0.138. The summed E-state index contributed by atoms with van der Waals surface area (Å²) in [5, 5.41) is 13.6. The summed E-state index contributed by atoms with van der Waals surface area (Å²) in [7, 11) is 0. The third-order valence-corrected chi connectivity index (χ3v) is 5.51. The fourth-order valence-electron chi connectivity index (χ4n) is 2.96. The molecule has 35 heavy (non-hydrogen) atoms. The molecule has 9 heteroatoms. The van der Waals surface area contributed by atoms with Crippen LogP contribution in [0, 0.1) is 11.3 Å². The highest BCUT2D eigenvalue weighted by molar-refractivity contribution is 6.35. The Morgan fingerprint density at radius 2 is 1.69 bits per heavy atom. The number of rotatable bonds is 8. The lowest BCUT2D eigenvalue weighted by Crippen LogP contribution is -2.14. The predicted molar refractivity (Wildman–Crippen MR) is 137 cm³/mol. The Morgan fingerprint density at radius 3 is 2.34 bits per heavy atom. The molecule has 0 aliphatic heterocycles. The number of amides is 1. The molecule has 0 bridgehead atoms. The average molecular weight is 530 g/mol. The molecule has 0 aliphatic carbocycles. The summed E-state index contributed by atoms with van der Waals surface area (Å²) in [6.45, 7) is 2.11. The van der Waals surface area contributed by atoms with E-state index in [9.17, 15) is 14.9 Å². The molecule has 1 amide bonds. The summed E-state index contributed by atoms with van der Waals surface area (Å²) < 4.78 is 10.8. The maximum atomic E-state index is 12.7. The molecule has 1 N–H and O–H groups in total. The largest absolute Gasteiger partial charge is 0.488 e. The van der Waals surface area contributed by atoms with Crippen LogP contribution in [0.15, 0.2) is 66.2 Å². The number of nitrogens with one attached hydrogen (secondary N) is 1. The highest BCUT2D eigenvalue weighted by Crippen LogP contribution is 2.28. The van der Waals surface area contributed by atoms with Gasteiger partial charge in [-0.05, 0) is 67.6 Å². The van der Waals surface area contributed by atoms with E-state index in [1.807, 2.05) is 6.07 Å². The van der Waals surface area contributed by atoms with Crippen molar-refractivity contribution in [3.63, 3.8) is 0 Å². The van der Waals surface area contributed by atoms with E-state index >= 15 is 0 Å². The molecule has 0 unspecified atom stereocenters. The zero-order valence-electron chi connectivity index (χ0n) is 18.5. The van der Waals surface area contributed by atoms with Gasteiger partial charge in [-0.2, -0.15) is 5.26 Å². The van der Waals surface area contributed by atoms with E-state index in [4.69, 9.17) is 44.3 Å². The molecule has 0 radical (unpaired) electrons. The van der Waals surface area contributed by atoms with Crippen molar-refractivity contribution in [2.24, 2.45) is 0 Å². The van der Waals surface area contributed by atoms with E-state index in [2.05, 4.69) is 5.32 Å². The zero-order chi connectivity index (χ0) is 25.4. The Morgan fingerprint density at radius 1 is 1.00 bits per heavy atom. The van der Waals surface area contributed by atoms with Crippen LogP contribution in [0.1, 0.15) is 28.4 Å². The van der Waals surface area contributed by atoms with E-state index in [0.717, 1.165) is 0 Å². The first-order valence-electron chi connectivity index (χ1n) is 10.4. The average Bonchev–Trinajstić information content (AvgIpc) is 2.83. The first-order valence-corrected chi connectivity index (χ1v) is 11.5. The zero-order valence-corrected chi connectivity index (χ0v) is 20.7. The number of carbonyl (C=O) groups is 2. The SMILES string of the molecule is CCOC(=O)c1ccc(NC(=O)/C(C#N)=C/c2cc(Cl)ccc2OCc2ccc(Cl)cc2Cl)cc1. The van der Waals surface area contributed by atoms with E-state index < -0.39 is 11.9 Å². The van der Waals surface area contributed by atoms with Gasteiger partial charge < -0.3 is 14.8 Å². The number of nitrogens with zero attached hydrogens (tertiary/aromatic N) is 1. The Kier molecular flexibility index (Phi) is 9.16. The fraction of sp³-hybridized carbons (Fsp3) is 0.115. The Bertz CT molecular complexity index is 1320. The molecule has 3 aromatic carbocycles. The van der Waals surface area contributed by atoms with E-state index in [-0.39, 0.29) is 18.8 Å². The van der Waals surface area contributed by atoms with Crippen molar-refractivity contribution in [3.8, 4) is 11.8 Å². The van der Waals surface area contributed by atoms with Gasteiger partial charge in [-0.1, -0.05) is 40.9 Å². The summed E-state index contributed by atoms with van der Waals surface area (Å²) in [6.07, 6.45) is 1.38. The molecular formula is C26H19Cl3N2O4. The van der Waals surface area contributed by atoms with Gasteiger partial charge in [0.15, 0.2) is 0 Å². The molecule has 0 aliphatic rings. The van der Waals surface area contributed by atoms with Crippen LogP contribution < -0.4 is 10.1 Å². The quantitative estimate of drug-likeness (QED) is 0.194. The van der Waals surface area contributed by atoms with Crippen LogP contribution in [0.3, 0.4) is 0 Å². The van der Waals surface area contributed by atoms with Crippen molar-refractivity contribution >= 4 is 58.4 Å². The van der Waals surface area contributed by atoms with E-state index in [1.165, 1.54) is 18.2 Å². The molecule has 178 valence electrons. The van der Waals surface area contributed by atoms with Crippen LogP contribution in [0.25, 0.3) is 6.08 Å². The lowest BCUT2D eigenvalue weighted by Gasteiger charge is -2.12. The molecule has 0 heterocycles. The smallest absolute Gasteiger partial charge is 0.338 e. The van der Waals surface area contributed by atoms with Crippen molar-refractivity contribution < 1.29 is 19.1 Å². The van der Waals surface area contributed by atoms with Gasteiger partial charge in [-0.3, -0.25) is 4.79 Å². The second kappa shape index (κ2) is 12.3. The molecular weight excluding hydrogens is 511 g/mol. The number of hydrogen-bond acceptors (Lipinski definition) is 5. The topological polar surface area (TPSA) is 88.4 Å². The summed E-state index contributed by atoms with van der Waals surface area (Å²) in [4.78, 5) is 24.5. The lowest BCUT2D eigenvalue weighted by atomic mass is 10.1. The summed E-state index contributed by atoms with van der Waals surface area (Å²) >= 11 is 18.3. The van der Waals surface area contributed by atoms with Crippen LogP contribution in [0.4, 0.5) is 5.69 Å². The highest BCUT2D eigenvalue weighted by Gasteiger charge is 2.14. The number of anilines is 1. The number of carbonyl (C=O) groups excluding carboxylic acids is 2. The van der Waals surface area contributed by atoms with Crippen LogP contribution in [0.2, 0.25) is 15.1 Å². The second-order valence-electron chi connectivity index (χ2n) is 7.13. The van der Waals surface area contributed by atoms with Gasteiger partial charge in [0.05, 0.1) is 12.2 Å². The minimum atomic E-state index is -0.636. The van der Waals surface area contributed by atoms with Crippen molar-refractivity contribution in [1.29, 1.82) is 5.26 Å². The number of esters is 1. The van der Waals surface area contributed by atoms with Gasteiger partial charge in [0.25, 0.3) is 5.91 Å². The maximum Gasteiger partial charge on any atom is 0.338 e. The Labute approximate surface area is 217 Å². The van der Waals surface area contributed by atoms with E-state index in [1.54, 1.807) is 55.5 Å². The number of halogens is 3. The van der Waals surface area contributed by atoms with Crippen LogP contribution in [-0.2, 0) is 16.1 Å². The van der Waals surface area contributed by atoms with Crippen molar-refractivity contribution in [3.05, 3.63) is 98.0 Å². The molecule has 0 atom stereocenters. The van der Waals surface area contributed by atoms with Crippen LogP contribution in [-0.4, -0.2) is 18.5 Å². The third-order valence-electron chi connectivity index (χ3n) is 4.69. The third kappa shape index (κ3) is 7.24. The molecule has 3 aromatic rings. The molecule has 0 fully saturated rings. The summed E-state index contributed by atoms with van der Waals surface area (Å²) in [5.74, 6) is -0.695. The highest BCUT2D eigenvalue weighted by atomic mass is 35.5. The number of ether oxygens (including phenoxy) is 2. The summed E-state index contributed by atoms with van der Waals surface area (Å²) in [5.41, 5.74) is 1.74. The van der Waals surface area contributed by atoms with Crippen LogP contribution >= 0.6 is 34.8 Å². The van der Waals surface area contributed by atoms with Gasteiger partial charge in [0.1, 0.15) is 24.0 Å². The maximum absolute atomic E-state index is 12.7. The number of hydrogen-bond donors (Lipinski definition) is 1. The number of benzene rings is 3. The van der Waals surface area contributed by atoms with Gasteiger partial charge in [0.2, 0.25) is 0 Å². The van der Waals surface area contributed by atoms with Gasteiger partial charge >= 0.3 is 5.97 Å². The molecule has 0 saturated heterocycles. The predicted octanol–water partition coefficient (Wildman–Crippen LogP) is 6.95. The monoisotopic (exact) mass is 528 g/mol. The molecule has 0 aromatic heterocycles. The van der Waals surface area contributed by atoms with Crippen LogP contribution in [0.5, 0.6) is 5.75 Å². The van der Waals surface area contributed by atoms with Crippen molar-refractivity contribution in [2.45, 2.75) is 13.5 Å². The van der Waals surface area contributed by atoms with Gasteiger partial charge in [0, 0.05) is 31.9 Å². The molecule has 0 spiro atoms. The molecule has 6 nitrogen and oxygen atoms in total. The minimum Gasteiger partial charge on any atom is -0.488 e. The van der Waals surface area contributed by atoms with Crippen molar-refractivity contribution in [1.82, 2.24) is 0 Å². The Balaban J connectivity index is 1.78. The van der Waals surface area contributed by atoms with E-state index in [0.29, 0.717) is 43.2 Å². The normalized spacial score (nSPS) is 10.9. The molecule has 3 rings (SSSR count). The first-order chi connectivity index (χ1) is 16.8. The second-order valence-corrected chi connectivity index (χ2v) is 8.41. The summed E-state index contributed by atoms with van der Waals surface area (Å²) in [6, 6.07) is 17.9. The molecule has 0 saturated carbocycles. The van der Waals surface area contributed by atoms with Gasteiger partial charge in [-0.15, -0.1) is 0 Å². The van der Waals surface area contributed by atoms with Gasteiger partial charge in [-0.25, -0.2) is 4.79 Å². The lowest BCUT2D eigenvalue weighted by molar-refractivity contribution is -0.112. The van der Waals surface area contributed by atoms with Crippen molar-refractivity contribution in [2.75, 3.05) is 11.9 Å². The number of nitriles is 1. The first kappa shape index (κ1) is 26.1.